The number of hydrogen-bond donors (Lipinski definition) is 1. The van der Waals surface area contributed by atoms with Crippen molar-refractivity contribution in [1.29, 1.82) is 0 Å². The van der Waals surface area contributed by atoms with Crippen LogP contribution in [-0.2, 0) is 4.79 Å². The number of aryl methyl sites for hydroxylation is 2. The van der Waals surface area contributed by atoms with Crippen molar-refractivity contribution in [3.8, 4) is 5.75 Å². The molecule has 0 aliphatic carbocycles. The van der Waals surface area contributed by atoms with Crippen molar-refractivity contribution in [3.05, 3.63) is 51.2 Å². The molecule has 1 unspecified atom stereocenters. The average molecular weight is 387 g/mol. The molecule has 2 aromatic rings. The molecule has 1 aromatic heterocycles. The number of carbonyl (C=O) groups excluding carboxylic acids is 2. The zero-order valence-electron chi connectivity index (χ0n) is 16.1. The van der Waals surface area contributed by atoms with Crippen LogP contribution < -0.4 is 10.1 Å². The number of piperazine rings is 1. The van der Waals surface area contributed by atoms with E-state index < -0.39 is 0 Å². The predicted molar refractivity (Wildman–Crippen MR) is 108 cm³/mol. The zero-order chi connectivity index (χ0) is 19.4. The maximum atomic E-state index is 12.9. The van der Waals surface area contributed by atoms with Gasteiger partial charge in [-0.05, 0) is 26.0 Å². The molecule has 3 rings (SSSR count). The van der Waals surface area contributed by atoms with Crippen molar-refractivity contribution in [2.75, 3.05) is 26.7 Å². The smallest absolute Gasteiger partial charge is 0.223 e. The van der Waals surface area contributed by atoms with Crippen molar-refractivity contribution in [2.45, 2.75) is 32.7 Å². The van der Waals surface area contributed by atoms with Crippen molar-refractivity contribution >= 4 is 23.0 Å². The summed E-state index contributed by atoms with van der Waals surface area (Å²) in [6.07, 6.45) is 0.483. The quantitative estimate of drug-likeness (QED) is 0.772. The first-order valence-corrected chi connectivity index (χ1v) is 10.1. The third-order valence-corrected chi connectivity index (χ3v) is 5.93. The number of ether oxygens (including phenoxy) is 1. The Balaban J connectivity index is 1.70. The Morgan fingerprint density at radius 3 is 2.74 bits per heavy atom. The summed E-state index contributed by atoms with van der Waals surface area (Å²) in [6.45, 7) is 6.03. The summed E-state index contributed by atoms with van der Waals surface area (Å²) in [4.78, 5) is 29.5. The van der Waals surface area contributed by atoms with Gasteiger partial charge in [0, 0.05) is 53.4 Å². The highest BCUT2D eigenvalue weighted by molar-refractivity contribution is 7.12. The lowest BCUT2D eigenvalue weighted by Crippen LogP contribution is -2.48. The van der Waals surface area contributed by atoms with E-state index >= 15 is 0 Å². The summed E-state index contributed by atoms with van der Waals surface area (Å²) >= 11 is 1.62. The number of Topliss-reactive ketones (excluding diaryl/α,β-unsaturated/α-hetero) is 1. The van der Waals surface area contributed by atoms with E-state index in [0.29, 0.717) is 13.1 Å². The molecule has 1 atom stereocenters. The van der Waals surface area contributed by atoms with Gasteiger partial charge in [0.1, 0.15) is 5.75 Å². The van der Waals surface area contributed by atoms with Crippen molar-refractivity contribution in [1.82, 2.24) is 10.2 Å². The molecule has 0 radical (unpaired) electrons. The maximum absolute atomic E-state index is 12.9. The van der Waals surface area contributed by atoms with E-state index in [1.165, 1.54) is 0 Å². The van der Waals surface area contributed by atoms with Crippen molar-refractivity contribution in [3.63, 3.8) is 0 Å². The minimum atomic E-state index is -0.0809. The van der Waals surface area contributed by atoms with Gasteiger partial charge in [0.25, 0.3) is 0 Å². The SMILES string of the molecule is COc1ccccc1C1CNCCN1C(=O)CCC(=O)c1cc(C)sc1C. The summed E-state index contributed by atoms with van der Waals surface area (Å²) in [5.41, 5.74) is 1.75. The standard InChI is InChI=1S/C21H26N2O3S/c1-14-12-17(15(2)27-14)19(24)8-9-21(25)23-11-10-22-13-18(23)16-6-4-5-7-20(16)26-3/h4-7,12,18,22H,8-11,13H2,1-3H3. The molecule has 1 aliphatic rings. The van der Waals surface area contributed by atoms with E-state index in [9.17, 15) is 9.59 Å². The molecule has 6 heteroatoms. The largest absolute Gasteiger partial charge is 0.496 e. The number of hydrogen-bond acceptors (Lipinski definition) is 5. The maximum Gasteiger partial charge on any atom is 0.223 e. The molecular weight excluding hydrogens is 360 g/mol. The van der Waals surface area contributed by atoms with E-state index in [2.05, 4.69) is 5.32 Å². The monoisotopic (exact) mass is 386 g/mol. The fourth-order valence-electron chi connectivity index (χ4n) is 3.63. The minimum absolute atomic E-state index is 0.0189. The van der Waals surface area contributed by atoms with Crippen LogP contribution in [0.5, 0.6) is 5.75 Å². The van der Waals surface area contributed by atoms with Gasteiger partial charge in [-0.15, -0.1) is 11.3 Å². The van der Waals surface area contributed by atoms with Crippen LogP contribution in [0.1, 0.15) is 44.6 Å². The fourth-order valence-corrected chi connectivity index (χ4v) is 4.57. The molecule has 27 heavy (non-hydrogen) atoms. The fraction of sp³-hybridized carbons (Fsp3) is 0.429. The molecule has 0 saturated carbocycles. The molecule has 1 N–H and O–H groups in total. The van der Waals surface area contributed by atoms with Crippen LogP contribution in [0.15, 0.2) is 30.3 Å². The van der Waals surface area contributed by atoms with Gasteiger partial charge in [0.05, 0.1) is 13.2 Å². The summed E-state index contributed by atoms with van der Waals surface area (Å²) in [6, 6.07) is 9.64. The summed E-state index contributed by atoms with van der Waals surface area (Å²) in [5, 5.41) is 3.36. The van der Waals surface area contributed by atoms with Crippen LogP contribution in [0.2, 0.25) is 0 Å². The Morgan fingerprint density at radius 1 is 1.26 bits per heavy atom. The molecule has 0 spiro atoms. The highest BCUT2D eigenvalue weighted by atomic mass is 32.1. The second kappa shape index (κ2) is 8.67. The lowest BCUT2D eigenvalue weighted by molar-refractivity contribution is -0.134. The van der Waals surface area contributed by atoms with Crippen LogP contribution in [0.25, 0.3) is 0 Å². The topological polar surface area (TPSA) is 58.6 Å². The average Bonchev–Trinajstić information content (AvgIpc) is 3.04. The van der Waals surface area contributed by atoms with Gasteiger partial charge < -0.3 is 15.0 Å². The number of rotatable bonds is 6. The molecule has 0 bridgehead atoms. The Hall–Kier alpha value is -2.18. The highest BCUT2D eigenvalue weighted by Gasteiger charge is 2.30. The van der Waals surface area contributed by atoms with Crippen LogP contribution in [0.4, 0.5) is 0 Å². The molecule has 144 valence electrons. The van der Waals surface area contributed by atoms with E-state index in [4.69, 9.17) is 4.74 Å². The second-order valence-corrected chi connectivity index (χ2v) is 8.26. The van der Waals surface area contributed by atoms with Gasteiger partial charge in [-0.2, -0.15) is 0 Å². The lowest BCUT2D eigenvalue weighted by atomic mass is 10.0. The molecule has 5 nitrogen and oxygen atoms in total. The molecule has 1 aliphatic heterocycles. The Bertz CT molecular complexity index is 831. The predicted octanol–water partition coefficient (Wildman–Crippen LogP) is 3.51. The Morgan fingerprint density at radius 2 is 2.04 bits per heavy atom. The first kappa shape index (κ1) is 19.6. The Kier molecular flexibility index (Phi) is 6.29. The van der Waals surface area contributed by atoms with Gasteiger partial charge in [-0.25, -0.2) is 0 Å². The number of nitrogens with zero attached hydrogens (tertiary/aromatic N) is 1. The van der Waals surface area contributed by atoms with E-state index in [0.717, 1.165) is 33.2 Å². The third-order valence-electron chi connectivity index (χ3n) is 4.97. The highest BCUT2D eigenvalue weighted by Crippen LogP contribution is 2.31. The molecule has 1 saturated heterocycles. The van der Waals surface area contributed by atoms with Crippen molar-refractivity contribution < 1.29 is 14.3 Å². The summed E-state index contributed by atoms with van der Waals surface area (Å²) in [5.74, 6) is 0.851. The van der Waals surface area contributed by atoms with Gasteiger partial charge in [-0.1, -0.05) is 18.2 Å². The molecule has 1 amide bonds. The van der Waals surface area contributed by atoms with Gasteiger partial charge >= 0.3 is 0 Å². The number of para-hydroxylation sites is 1. The third kappa shape index (κ3) is 4.39. The van der Waals surface area contributed by atoms with Gasteiger partial charge in [0.2, 0.25) is 5.91 Å². The van der Waals surface area contributed by atoms with Crippen LogP contribution in [0.3, 0.4) is 0 Å². The zero-order valence-corrected chi connectivity index (χ0v) is 16.9. The van der Waals surface area contributed by atoms with E-state index in [-0.39, 0.29) is 30.6 Å². The van der Waals surface area contributed by atoms with Gasteiger partial charge in [0.15, 0.2) is 5.78 Å². The number of amides is 1. The summed E-state index contributed by atoms with van der Waals surface area (Å²) in [7, 11) is 1.64. The van der Waals surface area contributed by atoms with Crippen LogP contribution in [0, 0.1) is 13.8 Å². The lowest BCUT2D eigenvalue weighted by Gasteiger charge is -2.37. The molecule has 1 fully saturated rings. The van der Waals surface area contributed by atoms with E-state index in [1.807, 2.05) is 49.1 Å². The van der Waals surface area contributed by atoms with Crippen molar-refractivity contribution in [2.24, 2.45) is 0 Å². The second-order valence-electron chi connectivity index (χ2n) is 6.80. The van der Waals surface area contributed by atoms with E-state index in [1.54, 1.807) is 18.4 Å². The minimum Gasteiger partial charge on any atom is -0.496 e. The normalized spacial score (nSPS) is 17.0. The number of methoxy groups -OCH3 is 1. The first-order chi connectivity index (χ1) is 13.0. The molecular formula is C21H26N2O3S. The Labute approximate surface area is 164 Å². The number of nitrogens with one attached hydrogen (secondary N) is 1. The number of benzene rings is 1. The number of carbonyl (C=O) groups is 2. The number of ketones is 1. The van der Waals surface area contributed by atoms with Gasteiger partial charge in [-0.3, -0.25) is 9.59 Å². The molecule has 1 aromatic carbocycles. The van der Waals surface area contributed by atoms with Crippen LogP contribution in [-0.4, -0.2) is 43.3 Å². The summed E-state index contributed by atoms with van der Waals surface area (Å²) < 4.78 is 5.48. The van der Waals surface area contributed by atoms with Crippen LogP contribution >= 0.6 is 11.3 Å². The first-order valence-electron chi connectivity index (χ1n) is 9.24. The number of thiophene rings is 1. The molecule has 2 heterocycles.